The molecule has 1 fully saturated rings. The quantitative estimate of drug-likeness (QED) is 0.374. The van der Waals surface area contributed by atoms with E-state index in [1.165, 1.54) is 20.8 Å². The number of nitrogens with two attached hydrogens (primary N) is 1. The molecule has 1 aliphatic heterocycles. The molecule has 1 aliphatic rings. The van der Waals surface area contributed by atoms with Gasteiger partial charge in [-0.25, -0.2) is 0 Å². The van der Waals surface area contributed by atoms with Gasteiger partial charge in [0.05, 0.1) is 6.61 Å². The van der Waals surface area contributed by atoms with Gasteiger partial charge >= 0.3 is 17.9 Å². The minimum Gasteiger partial charge on any atom is -0.463 e. The van der Waals surface area contributed by atoms with Crippen molar-refractivity contribution in [1.82, 2.24) is 5.32 Å². The van der Waals surface area contributed by atoms with Gasteiger partial charge in [0.2, 0.25) is 5.91 Å². The molecule has 0 aromatic carbocycles. The summed E-state index contributed by atoms with van der Waals surface area (Å²) in [6, 6.07) is -0.976. The van der Waals surface area contributed by atoms with E-state index in [9.17, 15) is 19.2 Å². The zero-order valence-electron chi connectivity index (χ0n) is 15.8. The number of ether oxygens (including phenoxy) is 5. The highest BCUT2D eigenvalue weighted by atomic mass is 16.7. The standard InChI is InChI=1S/C16H26N2O9/c1-8(19)18-13-15(26-11(4)22)14(25-10(3)21)12(7-24-9(2)20)27-16(13)23-6-5-17/h12-16H,5-7,17H2,1-4H3,(H,18,19)/t12-,13+,14-,15-,16-/m1/s1. The van der Waals surface area contributed by atoms with Crippen LogP contribution >= 0.6 is 0 Å². The van der Waals surface area contributed by atoms with E-state index in [0.29, 0.717) is 0 Å². The summed E-state index contributed by atoms with van der Waals surface area (Å²) in [5.41, 5.74) is 5.44. The van der Waals surface area contributed by atoms with Crippen LogP contribution in [-0.4, -0.2) is 74.2 Å². The van der Waals surface area contributed by atoms with Crippen molar-refractivity contribution >= 4 is 23.8 Å². The number of nitrogens with one attached hydrogen (secondary N) is 1. The first-order chi connectivity index (χ1) is 12.6. The lowest BCUT2D eigenvalue weighted by Gasteiger charge is -2.44. The first kappa shape index (κ1) is 22.8. The zero-order valence-corrected chi connectivity index (χ0v) is 15.8. The van der Waals surface area contributed by atoms with E-state index in [-0.39, 0.29) is 19.8 Å². The molecule has 0 bridgehead atoms. The number of esters is 3. The van der Waals surface area contributed by atoms with Crippen LogP contribution in [0.4, 0.5) is 0 Å². The molecule has 11 heteroatoms. The van der Waals surface area contributed by atoms with Gasteiger partial charge in [-0.2, -0.15) is 0 Å². The Balaban J connectivity index is 3.22. The minimum atomic E-state index is -1.14. The molecule has 3 N–H and O–H groups in total. The lowest BCUT2D eigenvalue weighted by atomic mass is 9.96. The summed E-state index contributed by atoms with van der Waals surface area (Å²) in [6.07, 6.45) is -4.34. The van der Waals surface area contributed by atoms with Crippen LogP contribution in [0.25, 0.3) is 0 Å². The molecule has 27 heavy (non-hydrogen) atoms. The predicted molar refractivity (Wildman–Crippen MR) is 89.0 cm³/mol. The summed E-state index contributed by atoms with van der Waals surface area (Å²) < 4.78 is 26.8. The summed E-state index contributed by atoms with van der Waals surface area (Å²) in [5, 5.41) is 2.58. The molecule has 0 spiro atoms. The van der Waals surface area contributed by atoms with Crippen LogP contribution in [0.2, 0.25) is 0 Å². The zero-order chi connectivity index (χ0) is 20.6. The second-order valence-electron chi connectivity index (χ2n) is 5.88. The molecule has 0 aromatic heterocycles. The molecule has 0 saturated carbocycles. The molecule has 154 valence electrons. The van der Waals surface area contributed by atoms with Crippen molar-refractivity contribution in [3.05, 3.63) is 0 Å². The van der Waals surface area contributed by atoms with Gasteiger partial charge in [-0.1, -0.05) is 0 Å². The van der Waals surface area contributed by atoms with E-state index >= 15 is 0 Å². The highest BCUT2D eigenvalue weighted by molar-refractivity contribution is 5.73. The molecule has 1 saturated heterocycles. The monoisotopic (exact) mass is 390 g/mol. The lowest BCUT2D eigenvalue weighted by molar-refractivity contribution is -0.277. The normalized spacial score (nSPS) is 27.4. The van der Waals surface area contributed by atoms with Crippen molar-refractivity contribution in [1.29, 1.82) is 0 Å². The summed E-state index contributed by atoms with van der Waals surface area (Å²) in [5.74, 6) is -2.36. The third-order valence-corrected chi connectivity index (χ3v) is 3.47. The molecule has 0 unspecified atom stereocenters. The van der Waals surface area contributed by atoms with E-state index < -0.39 is 54.5 Å². The van der Waals surface area contributed by atoms with Gasteiger partial charge < -0.3 is 34.7 Å². The average molecular weight is 390 g/mol. The Kier molecular flexibility index (Phi) is 9.12. The van der Waals surface area contributed by atoms with Crippen LogP contribution in [0, 0.1) is 0 Å². The van der Waals surface area contributed by atoms with Gasteiger partial charge in [0, 0.05) is 34.2 Å². The minimum absolute atomic E-state index is 0.0893. The highest BCUT2D eigenvalue weighted by Crippen LogP contribution is 2.27. The number of carbonyl (C=O) groups excluding carboxylic acids is 4. The maximum atomic E-state index is 11.6. The summed E-state index contributed by atoms with van der Waals surface area (Å²) in [4.78, 5) is 45.9. The Morgan fingerprint density at radius 3 is 2.04 bits per heavy atom. The Bertz CT molecular complexity index is 554. The van der Waals surface area contributed by atoms with Crippen molar-refractivity contribution < 1.29 is 42.9 Å². The number of carbonyl (C=O) groups is 4. The van der Waals surface area contributed by atoms with Gasteiger partial charge in [0.1, 0.15) is 18.8 Å². The van der Waals surface area contributed by atoms with E-state index in [2.05, 4.69) is 5.32 Å². The van der Waals surface area contributed by atoms with Gasteiger partial charge in [-0.15, -0.1) is 0 Å². The van der Waals surface area contributed by atoms with Crippen molar-refractivity contribution in [2.45, 2.75) is 58.3 Å². The van der Waals surface area contributed by atoms with Crippen LogP contribution < -0.4 is 11.1 Å². The van der Waals surface area contributed by atoms with Crippen LogP contribution in [0.15, 0.2) is 0 Å². The van der Waals surface area contributed by atoms with Gasteiger partial charge in [-0.3, -0.25) is 19.2 Å². The Morgan fingerprint density at radius 1 is 0.963 bits per heavy atom. The van der Waals surface area contributed by atoms with Crippen LogP contribution in [0.3, 0.4) is 0 Å². The van der Waals surface area contributed by atoms with Crippen molar-refractivity contribution in [3.63, 3.8) is 0 Å². The fourth-order valence-corrected chi connectivity index (χ4v) is 2.62. The Morgan fingerprint density at radius 2 is 1.56 bits per heavy atom. The molecular weight excluding hydrogens is 364 g/mol. The van der Waals surface area contributed by atoms with Crippen molar-refractivity contribution in [2.24, 2.45) is 5.73 Å². The van der Waals surface area contributed by atoms with Gasteiger partial charge in [0.25, 0.3) is 0 Å². The summed E-state index contributed by atoms with van der Waals surface area (Å²) in [6.45, 7) is 4.78. The molecular formula is C16H26N2O9. The third-order valence-electron chi connectivity index (χ3n) is 3.47. The lowest BCUT2D eigenvalue weighted by Crippen LogP contribution is -2.66. The first-order valence-electron chi connectivity index (χ1n) is 8.37. The summed E-state index contributed by atoms with van der Waals surface area (Å²) in [7, 11) is 0. The second-order valence-corrected chi connectivity index (χ2v) is 5.88. The molecule has 1 amide bonds. The van der Waals surface area contributed by atoms with E-state index in [0.717, 1.165) is 6.92 Å². The van der Waals surface area contributed by atoms with Crippen molar-refractivity contribution in [2.75, 3.05) is 19.8 Å². The number of rotatable bonds is 8. The topological polar surface area (TPSA) is 152 Å². The largest absolute Gasteiger partial charge is 0.463 e. The number of hydrogen-bond donors (Lipinski definition) is 2. The Labute approximate surface area is 156 Å². The molecule has 0 aromatic rings. The predicted octanol–water partition coefficient (Wildman–Crippen LogP) is -1.38. The fourth-order valence-electron chi connectivity index (χ4n) is 2.62. The van der Waals surface area contributed by atoms with Crippen molar-refractivity contribution in [3.8, 4) is 0 Å². The second kappa shape index (κ2) is 10.8. The molecule has 1 rings (SSSR count). The Hall–Kier alpha value is -2.24. The average Bonchev–Trinajstić information content (AvgIpc) is 2.54. The van der Waals surface area contributed by atoms with E-state index in [1.54, 1.807) is 0 Å². The van der Waals surface area contributed by atoms with Crippen LogP contribution in [0.1, 0.15) is 27.7 Å². The van der Waals surface area contributed by atoms with Crippen LogP contribution in [-0.2, 0) is 42.9 Å². The van der Waals surface area contributed by atoms with Crippen LogP contribution in [0.5, 0.6) is 0 Å². The smallest absolute Gasteiger partial charge is 0.303 e. The number of amides is 1. The van der Waals surface area contributed by atoms with Gasteiger partial charge in [0.15, 0.2) is 18.5 Å². The molecule has 5 atom stereocenters. The summed E-state index contributed by atoms with van der Waals surface area (Å²) >= 11 is 0. The molecule has 1 heterocycles. The maximum Gasteiger partial charge on any atom is 0.303 e. The first-order valence-corrected chi connectivity index (χ1v) is 8.37. The van der Waals surface area contributed by atoms with E-state index in [4.69, 9.17) is 29.4 Å². The number of hydrogen-bond acceptors (Lipinski definition) is 10. The fraction of sp³-hybridized carbons (Fsp3) is 0.750. The highest BCUT2D eigenvalue weighted by Gasteiger charge is 2.51. The third kappa shape index (κ3) is 7.49. The van der Waals surface area contributed by atoms with E-state index in [1.807, 2.05) is 0 Å². The molecule has 0 radical (unpaired) electrons. The van der Waals surface area contributed by atoms with Gasteiger partial charge in [-0.05, 0) is 0 Å². The molecule has 11 nitrogen and oxygen atoms in total. The maximum absolute atomic E-state index is 11.6. The SMILES string of the molecule is CC(=O)N[C@@H]1[C@H](OCCN)O[C@H](COC(C)=O)[C@@H](OC(C)=O)[C@@H]1OC(C)=O. The molecule has 0 aliphatic carbocycles.